The normalized spacial score (nSPS) is 12.0. The molecule has 0 amide bonds. The highest BCUT2D eigenvalue weighted by Crippen LogP contribution is 2.35. The van der Waals surface area contributed by atoms with Crippen LogP contribution in [0.4, 0.5) is 0 Å². The first-order valence-electron chi connectivity index (χ1n) is 8.63. The molecule has 0 aliphatic heterocycles. The molecule has 0 saturated heterocycles. The molecule has 1 nitrogen and oxygen atoms in total. The smallest absolute Gasteiger partial charge is 0.0471 e. The third-order valence-electron chi connectivity index (χ3n) is 5.37. The summed E-state index contributed by atoms with van der Waals surface area (Å²) in [6.45, 7) is 0. The SMILES string of the molecule is c1ccc2c(c1)ccc1c3cc4c(cc3ccc21)[nH]c1ccccc14. The van der Waals surface area contributed by atoms with Crippen LogP contribution in [0.1, 0.15) is 0 Å². The number of fused-ring (bicyclic) bond motifs is 8. The molecule has 1 heterocycles. The molecule has 0 radical (unpaired) electrons. The van der Waals surface area contributed by atoms with Crippen molar-refractivity contribution in [1.29, 1.82) is 0 Å². The van der Waals surface area contributed by atoms with Crippen LogP contribution < -0.4 is 0 Å². The summed E-state index contributed by atoms with van der Waals surface area (Å²) in [7, 11) is 0. The maximum absolute atomic E-state index is 3.55. The minimum atomic E-state index is 1.20. The van der Waals surface area contributed by atoms with Crippen molar-refractivity contribution in [2.24, 2.45) is 0 Å². The highest BCUT2D eigenvalue weighted by molar-refractivity contribution is 6.21. The van der Waals surface area contributed by atoms with E-state index in [1.54, 1.807) is 0 Å². The van der Waals surface area contributed by atoms with Gasteiger partial charge >= 0.3 is 0 Å². The number of nitrogens with one attached hydrogen (secondary N) is 1. The summed E-state index contributed by atoms with van der Waals surface area (Å²) in [6, 6.07) is 30.8. The summed E-state index contributed by atoms with van der Waals surface area (Å²) in [6.07, 6.45) is 0. The molecule has 0 fully saturated rings. The van der Waals surface area contributed by atoms with Crippen LogP contribution in [0.25, 0.3) is 54.1 Å². The van der Waals surface area contributed by atoms with E-state index in [2.05, 4.69) is 89.9 Å². The van der Waals surface area contributed by atoms with Crippen molar-refractivity contribution in [2.45, 2.75) is 0 Å². The first-order valence-corrected chi connectivity index (χ1v) is 8.63. The predicted molar refractivity (Wildman–Crippen MR) is 108 cm³/mol. The van der Waals surface area contributed by atoms with Crippen LogP contribution in [-0.4, -0.2) is 4.98 Å². The molecule has 0 atom stereocenters. The lowest BCUT2D eigenvalue weighted by Crippen LogP contribution is -1.81. The van der Waals surface area contributed by atoms with Crippen molar-refractivity contribution >= 4 is 54.1 Å². The standard InChI is InChI=1S/C24H15N/c1-2-6-17-15(5-1)9-11-19-18(17)12-10-16-13-24-22(14-21(16)19)20-7-3-4-8-23(20)25-24/h1-14,25H. The molecule has 0 aliphatic rings. The Balaban J connectivity index is 1.84. The van der Waals surface area contributed by atoms with Gasteiger partial charge in [0.05, 0.1) is 0 Å². The number of hydrogen-bond donors (Lipinski definition) is 1. The average Bonchev–Trinajstić information content (AvgIpc) is 3.03. The van der Waals surface area contributed by atoms with Gasteiger partial charge in [-0.3, -0.25) is 0 Å². The summed E-state index contributed by atoms with van der Waals surface area (Å²) in [5, 5.41) is 10.4. The molecule has 25 heavy (non-hydrogen) atoms. The lowest BCUT2D eigenvalue weighted by Gasteiger charge is -2.08. The third kappa shape index (κ3) is 1.72. The van der Waals surface area contributed by atoms with Gasteiger partial charge in [-0.05, 0) is 50.5 Å². The van der Waals surface area contributed by atoms with Gasteiger partial charge in [-0.2, -0.15) is 0 Å². The van der Waals surface area contributed by atoms with Crippen LogP contribution in [0.3, 0.4) is 0 Å². The molecular weight excluding hydrogens is 302 g/mol. The highest BCUT2D eigenvalue weighted by atomic mass is 14.7. The Bertz CT molecular complexity index is 1440. The van der Waals surface area contributed by atoms with Gasteiger partial charge < -0.3 is 4.98 Å². The molecule has 0 saturated carbocycles. The van der Waals surface area contributed by atoms with E-state index in [1.807, 2.05) is 0 Å². The first-order chi connectivity index (χ1) is 12.4. The molecular formula is C24H15N. The minimum absolute atomic E-state index is 1.20. The Morgan fingerprint density at radius 2 is 1.12 bits per heavy atom. The number of aromatic amines is 1. The lowest BCUT2D eigenvalue weighted by molar-refractivity contribution is 1.55. The second-order valence-corrected chi connectivity index (χ2v) is 6.74. The van der Waals surface area contributed by atoms with Crippen molar-refractivity contribution in [1.82, 2.24) is 4.98 Å². The number of rotatable bonds is 0. The zero-order valence-corrected chi connectivity index (χ0v) is 13.6. The van der Waals surface area contributed by atoms with Crippen molar-refractivity contribution in [3.63, 3.8) is 0 Å². The minimum Gasteiger partial charge on any atom is -0.354 e. The molecule has 1 N–H and O–H groups in total. The Labute approximate surface area is 144 Å². The van der Waals surface area contributed by atoms with Crippen LogP contribution >= 0.6 is 0 Å². The zero-order valence-electron chi connectivity index (χ0n) is 13.6. The first kappa shape index (κ1) is 13.0. The van der Waals surface area contributed by atoms with Gasteiger partial charge in [-0.25, -0.2) is 0 Å². The molecule has 6 rings (SSSR count). The van der Waals surface area contributed by atoms with Crippen molar-refractivity contribution < 1.29 is 0 Å². The monoisotopic (exact) mass is 317 g/mol. The van der Waals surface area contributed by atoms with E-state index < -0.39 is 0 Å². The number of aromatic nitrogens is 1. The maximum atomic E-state index is 3.55. The van der Waals surface area contributed by atoms with Gasteiger partial charge in [0, 0.05) is 21.8 Å². The summed E-state index contributed by atoms with van der Waals surface area (Å²) < 4.78 is 0. The van der Waals surface area contributed by atoms with Crippen LogP contribution in [0.15, 0.2) is 84.9 Å². The number of hydrogen-bond acceptors (Lipinski definition) is 0. The van der Waals surface area contributed by atoms with E-state index in [4.69, 9.17) is 0 Å². The molecule has 116 valence electrons. The maximum Gasteiger partial charge on any atom is 0.0471 e. The van der Waals surface area contributed by atoms with Gasteiger partial charge in [0.15, 0.2) is 0 Å². The molecule has 1 aromatic heterocycles. The molecule has 0 unspecified atom stereocenters. The fraction of sp³-hybridized carbons (Fsp3) is 0. The van der Waals surface area contributed by atoms with E-state index in [9.17, 15) is 0 Å². The van der Waals surface area contributed by atoms with Crippen LogP contribution in [-0.2, 0) is 0 Å². The van der Waals surface area contributed by atoms with E-state index in [-0.39, 0.29) is 0 Å². The number of H-pyrrole nitrogens is 1. The van der Waals surface area contributed by atoms with E-state index >= 15 is 0 Å². The van der Waals surface area contributed by atoms with E-state index in [0.717, 1.165) is 0 Å². The lowest BCUT2D eigenvalue weighted by atomic mass is 9.96. The molecule has 6 aromatic rings. The Hall–Kier alpha value is -3.32. The average molecular weight is 317 g/mol. The fourth-order valence-corrected chi connectivity index (χ4v) is 4.17. The summed E-state index contributed by atoms with van der Waals surface area (Å²) >= 11 is 0. The quantitative estimate of drug-likeness (QED) is 0.297. The van der Waals surface area contributed by atoms with Crippen LogP contribution in [0.5, 0.6) is 0 Å². The van der Waals surface area contributed by atoms with Gasteiger partial charge in [0.25, 0.3) is 0 Å². The fourth-order valence-electron chi connectivity index (χ4n) is 4.17. The second kappa shape index (κ2) is 4.61. The summed E-state index contributed by atoms with van der Waals surface area (Å²) in [4.78, 5) is 3.55. The van der Waals surface area contributed by atoms with Crippen molar-refractivity contribution in [3.05, 3.63) is 84.9 Å². The Kier molecular flexibility index (Phi) is 2.40. The number of benzene rings is 5. The largest absolute Gasteiger partial charge is 0.354 e. The van der Waals surface area contributed by atoms with Gasteiger partial charge in [0.2, 0.25) is 0 Å². The van der Waals surface area contributed by atoms with Crippen molar-refractivity contribution in [3.8, 4) is 0 Å². The molecule has 0 aliphatic carbocycles. The highest BCUT2D eigenvalue weighted by Gasteiger charge is 2.09. The van der Waals surface area contributed by atoms with E-state index in [0.29, 0.717) is 0 Å². The predicted octanol–water partition coefficient (Wildman–Crippen LogP) is 6.78. The Morgan fingerprint density at radius 3 is 2.04 bits per heavy atom. The summed E-state index contributed by atoms with van der Waals surface area (Å²) in [5.41, 5.74) is 2.40. The van der Waals surface area contributed by atoms with E-state index in [1.165, 1.54) is 54.1 Å². The molecule has 5 aromatic carbocycles. The number of para-hydroxylation sites is 1. The van der Waals surface area contributed by atoms with Crippen LogP contribution in [0.2, 0.25) is 0 Å². The topological polar surface area (TPSA) is 15.8 Å². The molecule has 0 bridgehead atoms. The van der Waals surface area contributed by atoms with Crippen LogP contribution in [0, 0.1) is 0 Å². The zero-order chi connectivity index (χ0) is 16.4. The molecule has 0 spiro atoms. The Morgan fingerprint density at radius 1 is 0.400 bits per heavy atom. The van der Waals surface area contributed by atoms with Gasteiger partial charge in [-0.15, -0.1) is 0 Å². The molecule has 1 heteroatoms. The second-order valence-electron chi connectivity index (χ2n) is 6.74. The van der Waals surface area contributed by atoms with Crippen molar-refractivity contribution in [2.75, 3.05) is 0 Å². The van der Waals surface area contributed by atoms with Gasteiger partial charge in [0.1, 0.15) is 0 Å². The third-order valence-corrected chi connectivity index (χ3v) is 5.37. The van der Waals surface area contributed by atoms with Gasteiger partial charge in [-0.1, -0.05) is 66.7 Å². The summed E-state index contributed by atoms with van der Waals surface area (Å²) in [5.74, 6) is 0.